The molecule has 0 fully saturated rings. The van der Waals surface area contributed by atoms with Gasteiger partial charge in [0.2, 0.25) is 0 Å². The lowest BCUT2D eigenvalue weighted by molar-refractivity contribution is 0.608. The predicted octanol–water partition coefficient (Wildman–Crippen LogP) is 1.84. The summed E-state index contributed by atoms with van der Waals surface area (Å²) in [6.45, 7) is -5.52. The number of rotatable bonds is 3. The monoisotopic (exact) mass is 157 g/mol. The highest BCUT2D eigenvalue weighted by Crippen LogP contribution is 2.01. The van der Waals surface area contributed by atoms with Gasteiger partial charge in [0, 0.05) is 17.0 Å². The summed E-state index contributed by atoms with van der Waals surface area (Å²) in [6, 6.07) is 5.84. The van der Waals surface area contributed by atoms with E-state index < -0.39 is 26.2 Å². The predicted molar refractivity (Wildman–Crippen MR) is 48.7 cm³/mol. The fourth-order valence-corrected chi connectivity index (χ4v) is 0.737. The maximum absolute atomic E-state index is 7.95. The Morgan fingerprint density at radius 1 is 1.55 bits per heavy atom. The van der Waals surface area contributed by atoms with Crippen molar-refractivity contribution in [1.29, 1.82) is 0 Å². The van der Waals surface area contributed by atoms with Gasteiger partial charge in [0.1, 0.15) is 0 Å². The molecule has 0 amide bonds. The molecule has 0 bridgehead atoms. The fourth-order valence-electron chi connectivity index (χ4n) is 0.737. The Kier molecular flexibility index (Phi) is 0.977. The van der Waals surface area contributed by atoms with Crippen LogP contribution in [0.3, 0.4) is 0 Å². The maximum Gasteiger partial charge on any atom is 0.0391 e. The van der Waals surface area contributed by atoms with Crippen molar-refractivity contribution in [3.05, 3.63) is 35.9 Å². The molecule has 1 heteroatoms. The molecule has 0 heterocycles. The first-order valence-electron chi connectivity index (χ1n) is 7.28. The number of likely N-dealkylation sites (N-methyl/N-ethyl adjacent to an activating group) is 1. The summed E-state index contributed by atoms with van der Waals surface area (Å²) < 4.78 is 59.2. The minimum absolute atomic E-state index is 0.118. The van der Waals surface area contributed by atoms with Gasteiger partial charge in [-0.2, -0.15) is 0 Å². The lowest BCUT2D eigenvalue weighted by Crippen LogP contribution is -2.23. The molecule has 60 valence electrons. The Bertz CT molecular complexity index is 408. The van der Waals surface area contributed by atoms with E-state index in [1.807, 2.05) is 5.32 Å². The van der Waals surface area contributed by atoms with Crippen LogP contribution >= 0.6 is 0 Å². The molecule has 1 nitrogen and oxygen atoms in total. The van der Waals surface area contributed by atoms with Gasteiger partial charge in [0.25, 0.3) is 0 Å². The van der Waals surface area contributed by atoms with E-state index in [1.54, 1.807) is 18.2 Å². The maximum atomic E-state index is 7.95. The van der Waals surface area contributed by atoms with Crippen LogP contribution in [0.4, 0.5) is 0 Å². The molecule has 1 atom stereocenters. The molecule has 0 spiro atoms. The lowest BCUT2D eigenvalue weighted by atomic mass is 10.1. The van der Waals surface area contributed by atoms with Crippen molar-refractivity contribution in [3.63, 3.8) is 0 Å². The standard InChI is InChI=1S/C10H15N/c1-9(11-2)8-10-6-4-3-5-7-10/h3-7,9,11H,8H2,1-2H3/i1D3,2D3,8D2. The molecule has 1 unspecified atom stereocenters. The summed E-state index contributed by atoms with van der Waals surface area (Å²) in [7, 11) is 0. The molecule has 0 saturated heterocycles. The fraction of sp³-hybridized carbons (Fsp3) is 0.400. The van der Waals surface area contributed by atoms with Crippen LogP contribution in [0.1, 0.15) is 23.4 Å². The summed E-state index contributed by atoms with van der Waals surface area (Å²) in [5, 5.41) is 1.90. The number of hydrogen-bond acceptors (Lipinski definition) is 1. The summed E-state index contributed by atoms with van der Waals surface area (Å²) in [6.07, 6.45) is -2.33. The van der Waals surface area contributed by atoms with Crippen molar-refractivity contribution in [1.82, 2.24) is 5.32 Å². The second-order valence-electron chi connectivity index (χ2n) is 2.09. The molecule has 0 saturated carbocycles. The Labute approximate surface area is 79.7 Å². The van der Waals surface area contributed by atoms with Crippen LogP contribution in [-0.4, -0.2) is 13.0 Å². The molecule has 11 heavy (non-hydrogen) atoms. The van der Waals surface area contributed by atoms with Crippen LogP contribution in [0.5, 0.6) is 0 Å². The Morgan fingerprint density at radius 3 is 3.00 bits per heavy atom. The van der Waals surface area contributed by atoms with Crippen molar-refractivity contribution in [2.45, 2.75) is 19.3 Å². The zero-order valence-corrected chi connectivity index (χ0v) is 5.96. The van der Waals surface area contributed by atoms with Crippen molar-refractivity contribution < 1.29 is 11.0 Å². The summed E-state index contributed by atoms with van der Waals surface area (Å²) in [4.78, 5) is 0. The molecule has 1 rings (SSSR count). The van der Waals surface area contributed by atoms with Crippen molar-refractivity contribution in [2.24, 2.45) is 0 Å². The third kappa shape index (κ3) is 2.72. The molecular formula is C10H15N. The lowest BCUT2D eigenvalue weighted by Gasteiger charge is -2.08. The van der Waals surface area contributed by atoms with E-state index in [0.717, 1.165) is 0 Å². The van der Waals surface area contributed by atoms with Gasteiger partial charge in [0.05, 0.1) is 0 Å². The molecule has 1 N–H and O–H groups in total. The third-order valence-electron chi connectivity index (χ3n) is 1.23. The third-order valence-corrected chi connectivity index (χ3v) is 1.23. The summed E-state index contributed by atoms with van der Waals surface area (Å²) >= 11 is 0. The topological polar surface area (TPSA) is 12.0 Å². The van der Waals surface area contributed by atoms with Gasteiger partial charge in [0.15, 0.2) is 0 Å². The van der Waals surface area contributed by atoms with Crippen LogP contribution < -0.4 is 5.32 Å². The van der Waals surface area contributed by atoms with Crippen LogP contribution in [0, 0.1) is 0 Å². The van der Waals surface area contributed by atoms with E-state index in [4.69, 9.17) is 11.0 Å². The molecule has 0 aromatic heterocycles. The minimum Gasteiger partial charge on any atom is -0.317 e. The first-order chi connectivity index (χ1) is 8.44. The van der Waals surface area contributed by atoms with Gasteiger partial charge in [-0.05, 0) is 25.8 Å². The highest BCUT2D eigenvalue weighted by atomic mass is 14.8. The first kappa shape index (κ1) is 2.60. The van der Waals surface area contributed by atoms with Crippen LogP contribution in [0.2, 0.25) is 0 Å². The van der Waals surface area contributed by atoms with Crippen molar-refractivity contribution in [3.8, 4) is 0 Å². The molecule has 0 aliphatic heterocycles. The Balaban J connectivity index is 3.17. The van der Waals surface area contributed by atoms with Gasteiger partial charge >= 0.3 is 0 Å². The van der Waals surface area contributed by atoms with Gasteiger partial charge < -0.3 is 5.32 Å². The average Bonchev–Trinajstić information content (AvgIpc) is 2.24. The largest absolute Gasteiger partial charge is 0.317 e. The van der Waals surface area contributed by atoms with Crippen molar-refractivity contribution >= 4 is 0 Å². The molecule has 0 aliphatic carbocycles. The number of benzene rings is 1. The normalized spacial score (nSPS) is 27.3. The van der Waals surface area contributed by atoms with Gasteiger partial charge in [-0.25, -0.2) is 0 Å². The van der Waals surface area contributed by atoms with Gasteiger partial charge in [-0.3, -0.25) is 0 Å². The zero-order chi connectivity index (χ0) is 14.9. The zero-order valence-electron chi connectivity index (χ0n) is 14.0. The van der Waals surface area contributed by atoms with Gasteiger partial charge in [-0.15, -0.1) is 0 Å². The van der Waals surface area contributed by atoms with Crippen LogP contribution in [0.25, 0.3) is 0 Å². The van der Waals surface area contributed by atoms with E-state index >= 15 is 0 Å². The van der Waals surface area contributed by atoms with E-state index in [-0.39, 0.29) is 5.56 Å². The van der Waals surface area contributed by atoms with Crippen molar-refractivity contribution in [2.75, 3.05) is 6.98 Å². The summed E-state index contributed by atoms with van der Waals surface area (Å²) in [5.74, 6) is 0. The summed E-state index contributed by atoms with van der Waals surface area (Å²) in [5.41, 5.74) is 0.118. The quantitative estimate of drug-likeness (QED) is 0.706. The highest BCUT2D eigenvalue weighted by Gasteiger charge is 1.97. The van der Waals surface area contributed by atoms with Crippen LogP contribution in [0.15, 0.2) is 30.3 Å². The number of hydrogen-bond donors (Lipinski definition) is 1. The minimum atomic E-state index is -2.78. The smallest absolute Gasteiger partial charge is 0.0391 e. The second-order valence-corrected chi connectivity index (χ2v) is 2.09. The highest BCUT2D eigenvalue weighted by molar-refractivity contribution is 5.15. The van der Waals surface area contributed by atoms with E-state index in [2.05, 4.69) is 0 Å². The van der Waals surface area contributed by atoms with Crippen LogP contribution in [-0.2, 0) is 6.37 Å². The molecule has 1 aromatic carbocycles. The second kappa shape index (κ2) is 4.14. The van der Waals surface area contributed by atoms with E-state index in [1.165, 1.54) is 12.1 Å². The Morgan fingerprint density at radius 2 is 2.36 bits per heavy atom. The SMILES string of the molecule is [2H]C([2H])([2H])NC(C([2H])([2H])[2H])C([2H])([2H])c1ccccc1. The molecular weight excluding hydrogens is 134 g/mol. The van der Waals surface area contributed by atoms with E-state index in [9.17, 15) is 0 Å². The van der Waals surface area contributed by atoms with E-state index in [0.29, 0.717) is 0 Å². The molecule has 0 aliphatic rings. The molecule has 0 radical (unpaired) electrons. The number of nitrogens with one attached hydrogen (secondary N) is 1. The first-order valence-corrected chi connectivity index (χ1v) is 3.28. The Hall–Kier alpha value is -0.820. The van der Waals surface area contributed by atoms with Gasteiger partial charge in [-0.1, -0.05) is 30.3 Å². The molecule has 1 aromatic rings. The average molecular weight is 157 g/mol.